The van der Waals surface area contributed by atoms with Gasteiger partial charge in [-0.15, -0.1) is 0 Å². The molecule has 3 heteroatoms. The van der Waals surface area contributed by atoms with Crippen molar-refractivity contribution in [1.82, 2.24) is 0 Å². The van der Waals surface area contributed by atoms with Crippen LogP contribution in [-0.4, -0.2) is 7.11 Å². The fraction of sp³-hybridized carbons (Fsp3) is 0.625. The summed E-state index contributed by atoms with van der Waals surface area (Å²) in [6.07, 6.45) is 5.90. The van der Waals surface area contributed by atoms with Gasteiger partial charge in [0.15, 0.2) is 0 Å². The van der Waals surface area contributed by atoms with E-state index in [9.17, 15) is 4.39 Å². The van der Waals surface area contributed by atoms with Gasteiger partial charge in [-0.1, -0.05) is 38.7 Å². The number of benzene rings is 1. The van der Waals surface area contributed by atoms with Crippen molar-refractivity contribution in [2.24, 2.45) is 17.6 Å². The maximum absolute atomic E-state index is 14.1. The standard InChI is InChI=1S/C16H24FNO/c1-3-11-7-4-5-8-12(11)16(18)15-13(17)9-6-10-14(15)19-2/h6,9-12,16H,3-5,7-8,18H2,1-2H3. The number of hydrogen-bond donors (Lipinski definition) is 1. The van der Waals surface area contributed by atoms with Gasteiger partial charge in [-0.25, -0.2) is 4.39 Å². The van der Waals surface area contributed by atoms with E-state index in [0.717, 1.165) is 12.8 Å². The van der Waals surface area contributed by atoms with Crippen molar-refractivity contribution in [2.45, 2.75) is 45.1 Å². The predicted molar refractivity (Wildman–Crippen MR) is 75.6 cm³/mol. The minimum absolute atomic E-state index is 0.243. The van der Waals surface area contributed by atoms with Crippen LogP contribution in [0.2, 0.25) is 0 Å². The zero-order chi connectivity index (χ0) is 13.8. The molecule has 0 amide bonds. The number of rotatable bonds is 4. The van der Waals surface area contributed by atoms with Crippen LogP contribution in [0.15, 0.2) is 18.2 Å². The van der Waals surface area contributed by atoms with Crippen LogP contribution in [-0.2, 0) is 0 Å². The van der Waals surface area contributed by atoms with Crippen LogP contribution in [0.1, 0.15) is 50.6 Å². The van der Waals surface area contributed by atoms with E-state index in [1.165, 1.54) is 25.3 Å². The molecule has 2 nitrogen and oxygen atoms in total. The predicted octanol–water partition coefficient (Wildman–Crippen LogP) is 4.05. The minimum atomic E-state index is -0.263. The first-order chi connectivity index (χ1) is 9.19. The molecule has 3 unspecified atom stereocenters. The van der Waals surface area contributed by atoms with Crippen molar-refractivity contribution in [3.63, 3.8) is 0 Å². The first kappa shape index (κ1) is 14.3. The van der Waals surface area contributed by atoms with Gasteiger partial charge in [-0.05, 0) is 30.4 Å². The molecule has 1 aromatic rings. The van der Waals surface area contributed by atoms with Gasteiger partial charge >= 0.3 is 0 Å². The van der Waals surface area contributed by atoms with Crippen molar-refractivity contribution in [3.8, 4) is 5.75 Å². The van der Waals surface area contributed by atoms with Crippen molar-refractivity contribution in [1.29, 1.82) is 0 Å². The first-order valence-corrected chi connectivity index (χ1v) is 7.27. The SMILES string of the molecule is CCC1CCCCC1C(N)c1c(F)cccc1OC. The summed E-state index contributed by atoms with van der Waals surface area (Å²) in [6, 6.07) is 4.67. The van der Waals surface area contributed by atoms with Gasteiger partial charge in [0.25, 0.3) is 0 Å². The summed E-state index contributed by atoms with van der Waals surface area (Å²) >= 11 is 0. The molecule has 0 bridgehead atoms. The van der Waals surface area contributed by atoms with Gasteiger partial charge in [0, 0.05) is 11.6 Å². The lowest BCUT2D eigenvalue weighted by atomic mass is 9.72. The Hall–Kier alpha value is -1.09. The molecule has 0 spiro atoms. The van der Waals surface area contributed by atoms with E-state index in [0.29, 0.717) is 23.1 Å². The van der Waals surface area contributed by atoms with Gasteiger partial charge in [0.1, 0.15) is 11.6 Å². The molecule has 0 saturated heterocycles. The quantitative estimate of drug-likeness (QED) is 0.891. The molecule has 1 aliphatic carbocycles. The second-order valence-electron chi connectivity index (χ2n) is 5.50. The molecule has 0 heterocycles. The Morgan fingerprint density at radius 3 is 2.79 bits per heavy atom. The van der Waals surface area contributed by atoms with E-state index in [-0.39, 0.29) is 11.9 Å². The molecular weight excluding hydrogens is 241 g/mol. The Labute approximate surface area is 115 Å². The second-order valence-corrected chi connectivity index (χ2v) is 5.50. The zero-order valence-corrected chi connectivity index (χ0v) is 11.9. The summed E-state index contributed by atoms with van der Waals surface area (Å²) in [5.41, 5.74) is 6.94. The van der Waals surface area contributed by atoms with Crippen LogP contribution < -0.4 is 10.5 Å². The molecule has 2 rings (SSSR count). The van der Waals surface area contributed by atoms with Crippen LogP contribution in [0.5, 0.6) is 5.75 Å². The van der Waals surface area contributed by atoms with Gasteiger partial charge in [0.2, 0.25) is 0 Å². The highest BCUT2D eigenvalue weighted by molar-refractivity contribution is 5.37. The normalized spacial score (nSPS) is 25.1. The summed E-state index contributed by atoms with van der Waals surface area (Å²) < 4.78 is 19.4. The summed E-state index contributed by atoms with van der Waals surface area (Å²) in [6.45, 7) is 2.20. The lowest BCUT2D eigenvalue weighted by Gasteiger charge is -2.35. The highest BCUT2D eigenvalue weighted by Gasteiger charge is 2.32. The summed E-state index contributed by atoms with van der Waals surface area (Å²) in [7, 11) is 1.57. The molecule has 19 heavy (non-hydrogen) atoms. The number of methoxy groups -OCH3 is 1. The number of hydrogen-bond acceptors (Lipinski definition) is 2. The van der Waals surface area contributed by atoms with Crippen LogP contribution in [0.3, 0.4) is 0 Å². The molecule has 0 aliphatic heterocycles. The van der Waals surface area contributed by atoms with Crippen molar-refractivity contribution < 1.29 is 9.13 Å². The fourth-order valence-corrected chi connectivity index (χ4v) is 3.45. The Morgan fingerprint density at radius 2 is 2.11 bits per heavy atom. The first-order valence-electron chi connectivity index (χ1n) is 7.27. The lowest BCUT2D eigenvalue weighted by molar-refractivity contribution is 0.192. The van der Waals surface area contributed by atoms with Crippen LogP contribution in [0.4, 0.5) is 4.39 Å². The molecule has 2 N–H and O–H groups in total. The van der Waals surface area contributed by atoms with Gasteiger partial charge in [0.05, 0.1) is 7.11 Å². The molecule has 1 saturated carbocycles. The monoisotopic (exact) mass is 265 g/mol. The zero-order valence-electron chi connectivity index (χ0n) is 11.9. The topological polar surface area (TPSA) is 35.2 Å². The average Bonchev–Trinajstić information content (AvgIpc) is 2.46. The molecule has 1 aromatic carbocycles. The highest BCUT2D eigenvalue weighted by atomic mass is 19.1. The van der Waals surface area contributed by atoms with E-state index >= 15 is 0 Å². The maximum atomic E-state index is 14.1. The lowest BCUT2D eigenvalue weighted by Crippen LogP contribution is -2.31. The van der Waals surface area contributed by atoms with Gasteiger partial charge in [-0.3, -0.25) is 0 Å². The van der Waals surface area contributed by atoms with Crippen molar-refractivity contribution in [2.75, 3.05) is 7.11 Å². The Balaban J connectivity index is 2.29. The third-order valence-corrected chi connectivity index (χ3v) is 4.52. The third-order valence-electron chi connectivity index (χ3n) is 4.52. The molecule has 1 fully saturated rings. The fourth-order valence-electron chi connectivity index (χ4n) is 3.45. The van der Waals surface area contributed by atoms with Crippen molar-refractivity contribution >= 4 is 0 Å². The molecule has 106 valence electrons. The van der Waals surface area contributed by atoms with Crippen LogP contribution in [0.25, 0.3) is 0 Å². The van der Waals surface area contributed by atoms with E-state index in [1.807, 2.05) is 0 Å². The number of ether oxygens (including phenoxy) is 1. The second kappa shape index (κ2) is 6.38. The average molecular weight is 265 g/mol. The summed E-state index contributed by atoms with van der Waals surface area (Å²) in [4.78, 5) is 0. The molecule has 0 aromatic heterocycles. The smallest absolute Gasteiger partial charge is 0.131 e. The molecule has 1 aliphatic rings. The van der Waals surface area contributed by atoms with Crippen LogP contribution >= 0.6 is 0 Å². The van der Waals surface area contributed by atoms with E-state index < -0.39 is 0 Å². The maximum Gasteiger partial charge on any atom is 0.131 e. The third kappa shape index (κ3) is 2.92. The van der Waals surface area contributed by atoms with E-state index in [2.05, 4.69) is 6.92 Å². The van der Waals surface area contributed by atoms with Gasteiger partial charge in [-0.2, -0.15) is 0 Å². The Bertz CT molecular complexity index is 421. The highest BCUT2D eigenvalue weighted by Crippen LogP contribution is 2.41. The summed E-state index contributed by atoms with van der Waals surface area (Å²) in [5, 5.41) is 0. The molecular formula is C16H24FNO. The molecule has 3 atom stereocenters. The van der Waals surface area contributed by atoms with E-state index in [4.69, 9.17) is 10.5 Å². The number of halogens is 1. The Morgan fingerprint density at radius 1 is 1.37 bits per heavy atom. The van der Waals surface area contributed by atoms with Crippen molar-refractivity contribution in [3.05, 3.63) is 29.6 Å². The van der Waals surface area contributed by atoms with Gasteiger partial charge < -0.3 is 10.5 Å². The largest absolute Gasteiger partial charge is 0.496 e. The number of nitrogens with two attached hydrogens (primary N) is 1. The Kier molecular flexibility index (Phi) is 4.81. The summed E-state index contributed by atoms with van der Waals surface area (Å²) in [5.74, 6) is 1.30. The molecule has 0 radical (unpaired) electrons. The van der Waals surface area contributed by atoms with Crippen LogP contribution in [0, 0.1) is 17.7 Å². The van der Waals surface area contributed by atoms with E-state index in [1.54, 1.807) is 19.2 Å². The minimum Gasteiger partial charge on any atom is -0.496 e.